The molecule has 1 aromatic rings. The molecule has 2 saturated heterocycles. The average Bonchev–Trinajstić information content (AvgIpc) is 3.09. The molecule has 3 heterocycles. The van der Waals surface area contributed by atoms with Crippen LogP contribution in [0.1, 0.15) is 31.2 Å². The highest BCUT2D eigenvalue weighted by Crippen LogP contribution is 2.35. The van der Waals surface area contributed by atoms with E-state index < -0.39 is 11.7 Å². The number of aromatic nitrogens is 1. The van der Waals surface area contributed by atoms with Crippen LogP contribution in [0.25, 0.3) is 0 Å². The van der Waals surface area contributed by atoms with Gasteiger partial charge in [-0.15, -0.1) is 12.4 Å². The van der Waals surface area contributed by atoms with Crippen molar-refractivity contribution in [1.29, 1.82) is 0 Å². The van der Waals surface area contributed by atoms with Gasteiger partial charge in [-0.1, -0.05) is 11.6 Å². The normalized spacial score (nSPS) is 21.3. The summed E-state index contributed by atoms with van der Waals surface area (Å²) in [5, 5.41) is -0.0210. The number of pyridine rings is 1. The Morgan fingerprint density at radius 3 is 2.48 bits per heavy atom. The second kappa shape index (κ2) is 8.84. The number of alkyl halides is 3. The van der Waals surface area contributed by atoms with E-state index >= 15 is 0 Å². The number of carbonyl (C=O) groups excluding carboxylic acids is 1. The molecule has 2 aliphatic heterocycles. The molecule has 2 aliphatic rings. The zero-order chi connectivity index (χ0) is 18.9. The molecule has 0 radical (unpaired) electrons. The van der Waals surface area contributed by atoms with Crippen molar-refractivity contribution in [2.45, 2.75) is 37.9 Å². The van der Waals surface area contributed by atoms with E-state index in [2.05, 4.69) is 4.98 Å². The molecule has 0 aliphatic carbocycles. The topological polar surface area (TPSA) is 62.5 Å². The van der Waals surface area contributed by atoms with Gasteiger partial charge in [-0.3, -0.25) is 4.79 Å². The first-order chi connectivity index (χ1) is 12.3. The molecule has 3 rings (SSSR count). The van der Waals surface area contributed by atoms with Crippen LogP contribution in [0.3, 0.4) is 0 Å². The van der Waals surface area contributed by atoms with Crippen molar-refractivity contribution >= 4 is 35.7 Å². The predicted molar refractivity (Wildman–Crippen MR) is 100 cm³/mol. The van der Waals surface area contributed by atoms with Gasteiger partial charge in [-0.05, 0) is 31.7 Å². The van der Waals surface area contributed by atoms with E-state index in [1.165, 1.54) is 0 Å². The number of nitrogens with two attached hydrogens (primary N) is 1. The third kappa shape index (κ3) is 4.78. The molecule has 10 heteroatoms. The fourth-order valence-electron chi connectivity index (χ4n) is 3.76. The van der Waals surface area contributed by atoms with Crippen molar-refractivity contribution in [3.05, 3.63) is 22.8 Å². The third-order valence-corrected chi connectivity index (χ3v) is 5.50. The average molecular weight is 427 g/mol. The van der Waals surface area contributed by atoms with Crippen molar-refractivity contribution in [3.63, 3.8) is 0 Å². The third-order valence-electron chi connectivity index (χ3n) is 5.23. The van der Waals surface area contributed by atoms with Crippen molar-refractivity contribution in [1.82, 2.24) is 9.88 Å². The molecule has 27 heavy (non-hydrogen) atoms. The van der Waals surface area contributed by atoms with Gasteiger partial charge in [0.2, 0.25) is 5.91 Å². The molecule has 5 nitrogen and oxygen atoms in total. The maximum Gasteiger partial charge on any atom is 0.417 e. The van der Waals surface area contributed by atoms with Gasteiger partial charge in [0, 0.05) is 44.3 Å². The molecule has 2 fully saturated rings. The van der Waals surface area contributed by atoms with E-state index in [1.807, 2.05) is 9.80 Å². The van der Waals surface area contributed by atoms with Gasteiger partial charge in [0.1, 0.15) is 5.82 Å². The maximum absolute atomic E-state index is 12.7. The van der Waals surface area contributed by atoms with Crippen LogP contribution < -0.4 is 10.6 Å². The summed E-state index contributed by atoms with van der Waals surface area (Å²) in [6.45, 7) is 2.31. The fourth-order valence-corrected chi connectivity index (χ4v) is 4.05. The largest absolute Gasteiger partial charge is 0.417 e. The van der Waals surface area contributed by atoms with Crippen LogP contribution in [-0.4, -0.2) is 48.0 Å². The van der Waals surface area contributed by atoms with Gasteiger partial charge in [0.05, 0.1) is 10.6 Å². The van der Waals surface area contributed by atoms with Gasteiger partial charge < -0.3 is 15.5 Å². The molecule has 2 N–H and O–H groups in total. The van der Waals surface area contributed by atoms with E-state index in [-0.39, 0.29) is 35.3 Å². The van der Waals surface area contributed by atoms with Crippen LogP contribution in [0.2, 0.25) is 5.02 Å². The van der Waals surface area contributed by atoms with Crippen molar-refractivity contribution in [2.75, 3.05) is 31.1 Å². The second-order valence-electron chi connectivity index (χ2n) is 6.85. The fraction of sp³-hybridized carbons (Fsp3) is 0.647. The number of piperidine rings is 1. The van der Waals surface area contributed by atoms with Crippen LogP contribution in [0, 0.1) is 5.92 Å². The zero-order valence-corrected chi connectivity index (χ0v) is 16.3. The highest BCUT2D eigenvalue weighted by atomic mass is 35.5. The molecule has 1 atom stereocenters. The monoisotopic (exact) mass is 426 g/mol. The second-order valence-corrected chi connectivity index (χ2v) is 7.26. The lowest BCUT2D eigenvalue weighted by Crippen LogP contribution is -2.46. The number of carbonyl (C=O) groups is 1. The van der Waals surface area contributed by atoms with Gasteiger partial charge in [-0.2, -0.15) is 13.2 Å². The molecular formula is C17H23Cl2F3N4O. The number of likely N-dealkylation sites (tertiary alicyclic amines) is 1. The summed E-state index contributed by atoms with van der Waals surface area (Å²) in [7, 11) is 0. The maximum atomic E-state index is 12.7. The molecule has 152 valence electrons. The molecule has 1 amide bonds. The van der Waals surface area contributed by atoms with Gasteiger partial charge in [0.15, 0.2) is 0 Å². The smallest absolute Gasteiger partial charge is 0.355 e. The van der Waals surface area contributed by atoms with Crippen LogP contribution >= 0.6 is 24.0 Å². The molecule has 1 aromatic heterocycles. The van der Waals surface area contributed by atoms with E-state index in [4.69, 9.17) is 17.3 Å². The standard InChI is InChI=1S/C17H22ClF3N4O.ClH/c18-14-8-12(17(19,20)21)10-23-15(14)24-6-3-11(4-7-24)16(26)25-5-1-2-13(25)9-22;/h8,10-11,13H,1-7,9,22H2;1H. The Morgan fingerprint density at radius 1 is 1.26 bits per heavy atom. The van der Waals surface area contributed by atoms with Crippen molar-refractivity contribution in [3.8, 4) is 0 Å². The number of rotatable bonds is 3. The predicted octanol–water partition coefficient (Wildman–Crippen LogP) is 3.34. The summed E-state index contributed by atoms with van der Waals surface area (Å²) < 4.78 is 38.2. The Bertz CT molecular complexity index is 666. The van der Waals surface area contributed by atoms with Crippen molar-refractivity contribution in [2.24, 2.45) is 11.7 Å². The lowest BCUT2D eigenvalue weighted by Gasteiger charge is -2.35. The van der Waals surface area contributed by atoms with E-state index in [1.54, 1.807) is 0 Å². The lowest BCUT2D eigenvalue weighted by atomic mass is 9.95. The first kappa shape index (κ1) is 22.0. The summed E-state index contributed by atoms with van der Waals surface area (Å²) in [5.41, 5.74) is 4.88. The Kier molecular flexibility index (Phi) is 7.21. The molecular weight excluding hydrogens is 404 g/mol. The first-order valence-electron chi connectivity index (χ1n) is 8.79. The highest BCUT2D eigenvalue weighted by Gasteiger charge is 2.35. The van der Waals surface area contributed by atoms with E-state index in [0.717, 1.165) is 31.6 Å². The van der Waals surface area contributed by atoms with Crippen LogP contribution in [0.4, 0.5) is 19.0 Å². The van der Waals surface area contributed by atoms with Gasteiger partial charge >= 0.3 is 6.18 Å². The summed E-state index contributed by atoms with van der Waals surface area (Å²) in [6.07, 6.45) is -0.473. The Labute approximate surface area is 167 Å². The van der Waals surface area contributed by atoms with Gasteiger partial charge in [-0.25, -0.2) is 4.98 Å². The Balaban J connectivity index is 0.00000261. The number of hydrogen-bond donors (Lipinski definition) is 1. The number of nitrogens with zero attached hydrogens (tertiary/aromatic N) is 3. The minimum absolute atomic E-state index is 0. The molecule has 0 bridgehead atoms. The number of hydrogen-bond acceptors (Lipinski definition) is 4. The molecule has 0 aromatic carbocycles. The summed E-state index contributed by atoms with van der Waals surface area (Å²) in [4.78, 5) is 20.4. The Morgan fingerprint density at radius 2 is 1.93 bits per heavy atom. The molecule has 0 spiro atoms. The lowest BCUT2D eigenvalue weighted by molar-refractivity contribution is -0.138. The summed E-state index contributed by atoms with van der Waals surface area (Å²) in [5.74, 6) is 0.405. The van der Waals surface area contributed by atoms with Gasteiger partial charge in [0.25, 0.3) is 0 Å². The number of halogens is 5. The van der Waals surface area contributed by atoms with E-state index in [0.29, 0.717) is 38.3 Å². The highest BCUT2D eigenvalue weighted by molar-refractivity contribution is 6.33. The Hall–Kier alpha value is -1.25. The first-order valence-corrected chi connectivity index (χ1v) is 9.17. The molecule has 1 unspecified atom stereocenters. The molecule has 0 saturated carbocycles. The van der Waals surface area contributed by atoms with Crippen LogP contribution in [0.15, 0.2) is 12.3 Å². The number of amides is 1. The van der Waals surface area contributed by atoms with Crippen LogP contribution in [-0.2, 0) is 11.0 Å². The summed E-state index contributed by atoms with van der Waals surface area (Å²) >= 11 is 6.02. The minimum atomic E-state index is -4.47. The quantitative estimate of drug-likeness (QED) is 0.804. The van der Waals surface area contributed by atoms with E-state index in [9.17, 15) is 18.0 Å². The zero-order valence-electron chi connectivity index (χ0n) is 14.7. The van der Waals surface area contributed by atoms with Crippen LogP contribution in [0.5, 0.6) is 0 Å². The summed E-state index contributed by atoms with van der Waals surface area (Å²) in [6, 6.07) is 1.03. The number of anilines is 1. The van der Waals surface area contributed by atoms with Crippen molar-refractivity contribution < 1.29 is 18.0 Å². The SMILES string of the molecule is Cl.NCC1CCCN1C(=O)C1CCN(c2ncc(C(F)(F)F)cc2Cl)CC1. The minimum Gasteiger partial charge on any atom is -0.355 e.